The Morgan fingerprint density at radius 3 is 2.86 bits per heavy atom. The van der Waals surface area contributed by atoms with Crippen LogP contribution < -0.4 is 5.32 Å². The Hall–Kier alpha value is -2.02. The lowest BCUT2D eigenvalue weighted by molar-refractivity contribution is 0.209. The molecule has 0 aliphatic rings. The number of hydrogen-bond donors (Lipinski definition) is 2. The number of pyridine rings is 1. The molecular weight excluding hydrogens is 293 g/mol. The van der Waals surface area contributed by atoms with E-state index in [9.17, 15) is 9.18 Å². The van der Waals surface area contributed by atoms with Gasteiger partial charge in [-0.15, -0.1) is 11.3 Å². The van der Waals surface area contributed by atoms with E-state index in [1.807, 2.05) is 5.38 Å². The van der Waals surface area contributed by atoms with Gasteiger partial charge in [0.25, 0.3) is 0 Å². The third kappa shape index (κ3) is 4.22. The topological polar surface area (TPSA) is 75.1 Å². The standard InChI is InChI=1S/C14H16FN3O2S/c1-8(2)11-7-21-13(17-11)4-3-9-5-12(18-14(19)20)16-6-10(9)15/h5-8H,3-4H2,1-2H3,(H,16,18)(H,19,20). The monoisotopic (exact) mass is 309 g/mol. The number of anilines is 1. The zero-order valence-corrected chi connectivity index (χ0v) is 12.6. The van der Waals surface area contributed by atoms with Crippen LogP contribution in [-0.2, 0) is 12.8 Å². The number of halogens is 1. The molecule has 0 atom stereocenters. The Kier molecular flexibility index (Phi) is 4.85. The summed E-state index contributed by atoms with van der Waals surface area (Å²) in [5.41, 5.74) is 1.47. The maximum Gasteiger partial charge on any atom is 0.410 e. The van der Waals surface area contributed by atoms with Crippen molar-refractivity contribution < 1.29 is 14.3 Å². The van der Waals surface area contributed by atoms with Gasteiger partial charge in [0.2, 0.25) is 0 Å². The SMILES string of the molecule is CC(C)c1csc(CCc2cc(NC(=O)O)ncc2F)n1. The van der Waals surface area contributed by atoms with Crippen molar-refractivity contribution in [2.75, 3.05) is 5.32 Å². The van der Waals surface area contributed by atoms with Gasteiger partial charge in [-0.25, -0.2) is 19.2 Å². The van der Waals surface area contributed by atoms with Crippen LogP contribution in [0.15, 0.2) is 17.6 Å². The predicted molar refractivity (Wildman–Crippen MR) is 79.5 cm³/mol. The molecule has 7 heteroatoms. The fraction of sp³-hybridized carbons (Fsp3) is 0.357. The average Bonchev–Trinajstić information content (AvgIpc) is 2.88. The van der Waals surface area contributed by atoms with Crippen LogP contribution in [0, 0.1) is 5.82 Å². The molecule has 5 nitrogen and oxygen atoms in total. The molecule has 0 aliphatic carbocycles. The third-order valence-corrected chi connectivity index (χ3v) is 3.87. The summed E-state index contributed by atoms with van der Waals surface area (Å²) in [6.07, 6.45) is 0.877. The molecule has 2 aromatic rings. The highest BCUT2D eigenvalue weighted by atomic mass is 32.1. The Morgan fingerprint density at radius 2 is 2.24 bits per heavy atom. The molecule has 2 N–H and O–H groups in total. The lowest BCUT2D eigenvalue weighted by Crippen LogP contribution is -2.09. The summed E-state index contributed by atoms with van der Waals surface area (Å²) >= 11 is 1.56. The molecule has 2 aromatic heterocycles. The molecular formula is C14H16FN3O2S. The minimum absolute atomic E-state index is 0.126. The van der Waals surface area contributed by atoms with E-state index in [0.717, 1.165) is 16.9 Å². The molecule has 0 aromatic carbocycles. The van der Waals surface area contributed by atoms with E-state index in [1.54, 1.807) is 11.3 Å². The number of hydrogen-bond acceptors (Lipinski definition) is 4. The molecule has 0 fully saturated rings. The number of nitrogens with one attached hydrogen (secondary N) is 1. The summed E-state index contributed by atoms with van der Waals surface area (Å²) in [7, 11) is 0. The van der Waals surface area contributed by atoms with Crippen LogP contribution in [-0.4, -0.2) is 21.2 Å². The molecule has 112 valence electrons. The van der Waals surface area contributed by atoms with E-state index < -0.39 is 11.9 Å². The van der Waals surface area contributed by atoms with Gasteiger partial charge in [0.15, 0.2) is 0 Å². The first kappa shape index (κ1) is 15.4. The van der Waals surface area contributed by atoms with Crippen LogP contribution in [0.1, 0.15) is 36.0 Å². The van der Waals surface area contributed by atoms with Crippen LogP contribution in [0.2, 0.25) is 0 Å². The van der Waals surface area contributed by atoms with Gasteiger partial charge in [-0.2, -0.15) is 0 Å². The average molecular weight is 309 g/mol. The smallest absolute Gasteiger partial charge is 0.410 e. The zero-order chi connectivity index (χ0) is 15.4. The maximum absolute atomic E-state index is 13.7. The zero-order valence-electron chi connectivity index (χ0n) is 11.8. The van der Waals surface area contributed by atoms with Crippen molar-refractivity contribution in [2.24, 2.45) is 0 Å². The molecule has 0 radical (unpaired) electrons. The van der Waals surface area contributed by atoms with Gasteiger partial charge in [-0.1, -0.05) is 13.8 Å². The number of carboxylic acid groups (broad SMARTS) is 1. The van der Waals surface area contributed by atoms with Gasteiger partial charge in [0.1, 0.15) is 11.6 Å². The number of amides is 1. The highest BCUT2D eigenvalue weighted by Gasteiger charge is 2.10. The van der Waals surface area contributed by atoms with Gasteiger partial charge in [0, 0.05) is 11.8 Å². The predicted octanol–water partition coefficient (Wildman–Crippen LogP) is 3.68. The summed E-state index contributed by atoms with van der Waals surface area (Å²) in [6, 6.07) is 1.42. The van der Waals surface area contributed by atoms with Crippen molar-refractivity contribution in [3.05, 3.63) is 39.7 Å². The van der Waals surface area contributed by atoms with E-state index in [-0.39, 0.29) is 5.82 Å². The van der Waals surface area contributed by atoms with E-state index >= 15 is 0 Å². The second-order valence-electron chi connectivity index (χ2n) is 4.91. The van der Waals surface area contributed by atoms with Gasteiger partial charge < -0.3 is 5.11 Å². The molecule has 0 aliphatic heterocycles. The summed E-state index contributed by atoms with van der Waals surface area (Å²) < 4.78 is 13.7. The molecule has 2 rings (SSSR count). The number of nitrogens with zero attached hydrogens (tertiary/aromatic N) is 2. The fourth-order valence-electron chi connectivity index (χ4n) is 1.80. The first-order valence-electron chi connectivity index (χ1n) is 6.54. The van der Waals surface area contributed by atoms with Crippen LogP contribution in [0.3, 0.4) is 0 Å². The minimum atomic E-state index is -1.22. The van der Waals surface area contributed by atoms with Crippen molar-refractivity contribution in [3.8, 4) is 0 Å². The summed E-state index contributed by atoms with van der Waals surface area (Å²) in [4.78, 5) is 18.7. The molecule has 0 spiro atoms. The quantitative estimate of drug-likeness (QED) is 0.883. The van der Waals surface area contributed by atoms with Crippen LogP contribution in [0.5, 0.6) is 0 Å². The number of aryl methyl sites for hydroxylation is 2. The Morgan fingerprint density at radius 1 is 1.48 bits per heavy atom. The van der Waals surface area contributed by atoms with Gasteiger partial charge in [-0.3, -0.25) is 5.32 Å². The van der Waals surface area contributed by atoms with E-state index in [4.69, 9.17) is 5.11 Å². The lowest BCUT2D eigenvalue weighted by Gasteiger charge is -2.05. The minimum Gasteiger partial charge on any atom is -0.465 e. The third-order valence-electron chi connectivity index (χ3n) is 2.94. The van der Waals surface area contributed by atoms with E-state index in [1.165, 1.54) is 6.07 Å². The van der Waals surface area contributed by atoms with Crippen molar-refractivity contribution in [2.45, 2.75) is 32.6 Å². The van der Waals surface area contributed by atoms with Gasteiger partial charge in [0.05, 0.1) is 16.9 Å². The maximum atomic E-state index is 13.7. The summed E-state index contributed by atoms with van der Waals surface area (Å²) in [5, 5.41) is 13.7. The van der Waals surface area contributed by atoms with Gasteiger partial charge >= 0.3 is 6.09 Å². The lowest BCUT2D eigenvalue weighted by atomic mass is 10.1. The largest absolute Gasteiger partial charge is 0.465 e. The highest BCUT2D eigenvalue weighted by molar-refractivity contribution is 7.09. The first-order chi connectivity index (χ1) is 9.95. The second-order valence-corrected chi connectivity index (χ2v) is 5.85. The number of thiazole rings is 1. The number of rotatable bonds is 5. The number of carbonyl (C=O) groups is 1. The second kappa shape index (κ2) is 6.62. The van der Waals surface area contributed by atoms with Crippen molar-refractivity contribution in [1.29, 1.82) is 0 Å². The van der Waals surface area contributed by atoms with Crippen molar-refractivity contribution in [3.63, 3.8) is 0 Å². The van der Waals surface area contributed by atoms with E-state index in [2.05, 4.69) is 29.1 Å². The Balaban J connectivity index is 2.06. The molecule has 0 saturated heterocycles. The first-order valence-corrected chi connectivity index (χ1v) is 7.42. The van der Waals surface area contributed by atoms with Crippen LogP contribution in [0.4, 0.5) is 15.0 Å². The van der Waals surface area contributed by atoms with Crippen molar-refractivity contribution in [1.82, 2.24) is 9.97 Å². The summed E-state index contributed by atoms with van der Waals surface area (Å²) in [5.74, 6) is 0.0616. The highest BCUT2D eigenvalue weighted by Crippen LogP contribution is 2.20. The molecule has 0 saturated carbocycles. The normalized spacial score (nSPS) is 10.9. The Bertz CT molecular complexity index is 643. The molecule has 2 heterocycles. The molecule has 1 amide bonds. The molecule has 0 unspecified atom stereocenters. The molecule has 21 heavy (non-hydrogen) atoms. The van der Waals surface area contributed by atoms with Crippen LogP contribution in [0.25, 0.3) is 0 Å². The fourth-order valence-corrected chi connectivity index (χ4v) is 2.76. The van der Waals surface area contributed by atoms with Crippen LogP contribution >= 0.6 is 11.3 Å². The van der Waals surface area contributed by atoms with Crippen molar-refractivity contribution >= 4 is 23.2 Å². The van der Waals surface area contributed by atoms with Gasteiger partial charge in [-0.05, 0) is 24.0 Å². The molecule has 0 bridgehead atoms. The number of aromatic nitrogens is 2. The van der Waals surface area contributed by atoms with E-state index in [0.29, 0.717) is 24.3 Å². The Labute approximate surface area is 125 Å². The summed E-state index contributed by atoms with van der Waals surface area (Å²) in [6.45, 7) is 4.15.